The summed E-state index contributed by atoms with van der Waals surface area (Å²) in [5, 5.41) is 4.33. The molecular weight excluding hydrogens is 991 g/mol. The van der Waals surface area contributed by atoms with Gasteiger partial charge in [0.25, 0.3) is 15.9 Å². The predicted octanol–water partition coefficient (Wildman–Crippen LogP) is 9.34. The first-order valence-corrected chi connectivity index (χ1v) is 29.0. The van der Waals surface area contributed by atoms with E-state index in [-0.39, 0.29) is 27.1 Å². The van der Waals surface area contributed by atoms with E-state index in [4.69, 9.17) is 24.9 Å². The molecule has 7 aromatic rings. The number of benzene rings is 4. The van der Waals surface area contributed by atoms with E-state index in [0.29, 0.717) is 97.4 Å². The first-order valence-electron chi connectivity index (χ1n) is 27.5. The number of piperazine rings is 1. The zero-order valence-electron chi connectivity index (χ0n) is 44.4. The molecule has 17 nitrogen and oxygen atoms in total. The number of rotatable bonds is 14. The second kappa shape index (κ2) is 21.2. The third kappa shape index (κ3) is 10.2. The Hall–Kier alpha value is -6.86. The Morgan fingerprint density at radius 3 is 2.52 bits per heavy atom. The molecule has 18 heteroatoms. The van der Waals surface area contributed by atoms with Crippen molar-refractivity contribution in [1.82, 2.24) is 34.5 Å². The topological polar surface area (TPSA) is 199 Å². The lowest BCUT2D eigenvalue weighted by atomic mass is 9.59. The number of anilines is 5. The van der Waals surface area contributed by atoms with Gasteiger partial charge < -0.3 is 45.0 Å². The van der Waals surface area contributed by atoms with E-state index in [0.717, 1.165) is 81.8 Å². The third-order valence-corrected chi connectivity index (χ3v) is 18.6. The van der Waals surface area contributed by atoms with Crippen molar-refractivity contribution in [3.63, 3.8) is 0 Å². The van der Waals surface area contributed by atoms with Crippen LogP contribution in [0, 0.1) is 11.3 Å². The number of hydrogen-bond donors (Lipinski definition) is 5. The standard InChI is InChI=1S/C59H71N11O6S/c1-38(2)45-7-4-5-8-46(45)51-36-67(35-40-9-12-44(74-3)13-10-40)24-25-69(51)43-32-59(33-43)18-22-68(23-19-59)42-11-14-47(49(30-42)70-21-6-26-76-58-50(70)29-41-15-20-61-56(41)65-58)57(71)66-77(72,73)52-31-48(60)53(55-54(52)63-37-64-55)62-34-39-16-27-75-28-17-39/h4-5,7-15,20,29-31,37-39,43,51,62H,6,16-19,21-28,32-36,60H2,1-3H3,(H,61,65)(H,63,64)(H,66,71). The number of carbonyl (C=O) groups is 1. The van der Waals surface area contributed by atoms with Gasteiger partial charge in [-0.1, -0.05) is 50.2 Å². The minimum Gasteiger partial charge on any atom is -0.497 e. The molecule has 12 rings (SSSR count). The molecular formula is C59H71N11O6S. The van der Waals surface area contributed by atoms with Crippen molar-refractivity contribution >= 4 is 66.4 Å². The monoisotopic (exact) mass is 1060 g/mol. The SMILES string of the molecule is COc1ccc(CN2CCN(C3CC4(CCN(c5ccc(C(=O)NS(=O)(=O)c6cc(N)c(NCC7CCOCC7)c7[nH]cnc67)c(N6CCCOc7nc8[nH]ccc8cc76)c5)CC4)C3)C(c3ccccc3C(C)C)C2)cc1. The highest BCUT2D eigenvalue weighted by molar-refractivity contribution is 7.90. The van der Waals surface area contributed by atoms with Crippen molar-refractivity contribution in [1.29, 1.82) is 0 Å². The molecule has 4 aliphatic heterocycles. The number of nitrogens with one attached hydrogen (secondary N) is 4. The highest BCUT2D eigenvalue weighted by atomic mass is 32.2. The maximum Gasteiger partial charge on any atom is 0.267 e. The van der Waals surface area contributed by atoms with E-state index in [9.17, 15) is 13.2 Å². The average Bonchev–Trinajstić information content (AvgIpc) is 4.12. The van der Waals surface area contributed by atoms with Crippen LogP contribution < -0.4 is 35.0 Å². The number of aromatic amines is 2. The summed E-state index contributed by atoms with van der Waals surface area (Å²) in [6.07, 6.45) is 10.3. The summed E-state index contributed by atoms with van der Waals surface area (Å²) >= 11 is 0. The highest BCUT2D eigenvalue weighted by Crippen LogP contribution is 2.54. The van der Waals surface area contributed by atoms with Crippen LogP contribution in [-0.4, -0.2) is 123 Å². The zero-order chi connectivity index (χ0) is 52.8. The number of ether oxygens (including phenoxy) is 3. The van der Waals surface area contributed by atoms with Crippen LogP contribution in [0.2, 0.25) is 0 Å². The second-order valence-corrected chi connectivity index (χ2v) is 23.9. The largest absolute Gasteiger partial charge is 0.497 e. The number of nitrogens with zero attached hydrogens (tertiary/aromatic N) is 6. The lowest BCUT2D eigenvalue weighted by molar-refractivity contribution is -0.0628. The van der Waals surface area contributed by atoms with Gasteiger partial charge >= 0.3 is 0 Å². The van der Waals surface area contributed by atoms with Gasteiger partial charge in [-0.05, 0) is 127 Å². The van der Waals surface area contributed by atoms with Gasteiger partial charge in [-0.15, -0.1) is 0 Å². The van der Waals surface area contributed by atoms with Crippen LogP contribution in [0.4, 0.5) is 28.4 Å². The van der Waals surface area contributed by atoms with Crippen LogP contribution in [0.5, 0.6) is 11.6 Å². The molecule has 1 amide bonds. The van der Waals surface area contributed by atoms with E-state index in [1.807, 2.05) is 30.5 Å². The van der Waals surface area contributed by atoms with Gasteiger partial charge in [0.2, 0.25) is 5.88 Å². The first-order chi connectivity index (χ1) is 37.4. The summed E-state index contributed by atoms with van der Waals surface area (Å²) in [5.41, 5.74) is 15.6. The molecule has 4 aromatic carbocycles. The number of pyridine rings is 1. The van der Waals surface area contributed by atoms with Crippen LogP contribution in [0.1, 0.15) is 97.8 Å². The van der Waals surface area contributed by atoms with Crippen molar-refractivity contribution < 1.29 is 27.4 Å². The van der Waals surface area contributed by atoms with Gasteiger partial charge in [-0.3, -0.25) is 14.6 Å². The lowest BCUT2D eigenvalue weighted by Crippen LogP contribution is -2.60. The van der Waals surface area contributed by atoms with Gasteiger partial charge in [-0.2, -0.15) is 4.98 Å². The Labute approximate surface area is 450 Å². The number of H-pyrrole nitrogens is 2. The quantitative estimate of drug-likeness (QED) is 0.0646. The van der Waals surface area contributed by atoms with Crippen LogP contribution in [0.15, 0.2) is 102 Å². The number of amides is 1. The summed E-state index contributed by atoms with van der Waals surface area (Å²) < 4.78 is 48.6. The van der Waals surface area contributed by atoms with Crippen molar-refractivity contribution in [2.24, 2.45) is 11.3 Å². The van der Waals surface area contributed by atoms with Crippen molar-refractivity contribution in [2.75, 3.05) is 93.6 Å². The van der Waals surface area contributed by atoms with Gasteiger partial charge in [0.1, 0.15) is 27.5 Å². The van der Waals surface area contributed by atoms with Gasteiger partial charge in [-0.25, -0.2) is 18.1 Å². The molecule has 404 valence electrons. The van der Waals surface area contributed by atoms with Crippen LogP contribution in [0.25, 0.3) is 22.1 Å². The smallest absolute Gasteiger partial charge is 0.267 e. The second-order valence-electron chi connectivity index (χ2n) is 22.3. The Morgan fingerprint density at radius 2 is 1.73 bits per heavy atom. The molecule has 1 aliphatic carbocycles. The maximum absolute atomic E-state index is 14.8. The summed E-state index contributed by atoms with van der Waals surface area (Å²) in [4.78, 5) is 40.1. The molecule has 0 radical (unpaired) electrons. The summed E-state index contributed by atoms with van der Waals surface area (Å²) in [6, 6.07) is 29.5. The van der Waals surface area contributed by atoms with E-state index in [2.05, 4.69) is 107 Å². The predicted molar refractivity (Wildman–Crippen MR) is 302 cm³/mol. The minimum absolute atomic E-state index is 0.185. The molecule has 3 aromatic heterocycles. The van der Waals surface area contributed by atoms with Crippen molar-refractivity contribution in [2.45, 2.75) is 88.2 Å². The number of imidazole rings is 1. The molecule has 0 bridgehead atoms. The van der Waals surface area contributed by atoms with Gasteiger partial charge in [0, 0.05) is 94.9 Å². The minimum atomic E-state index is -4.50. The van der Waals surface area contributed by atoms with E-state index in [1.54, 1.807) is 13.2 Å². The molecule has 1 unspecified atom stereocenters. The normalized spacial score (nSPS) is 19.8. The molecule has 1 atom stereocenters. The summed E-state index contributed by atoms with van der Waals surface area (Å²) in [6.45, 7) is 13.3. The number of methoxy groups -OCH3 is 1. The highest BCUT2D eigenvalue weighted by Gasteiger charge is 2.50. The summed E-state index contributed by atoms with van der Waals surface area (Å²) in [7, 11) is -2.78. The summed E-state index contributed by atoms with van der Waals surface area (Å²) in [5.74, 6) is 1.37. The number of carbonyl (C=O) groups excluding carboxylic acids is 1. The molecule has 1 spiro atoms. The first kappa shape index (κ1) is 50.9. The van der Waals surface area contributed by atoms with E-state index >= 15 is 0 Å². The molecule has 4 fully saturated rings. The maximum atomic E-state index is 14.8. The van der Waals surface area contributed by atoms with Crippen LogP contribution in [-0.2, 0) is 21.3 Å². The fourth-order valence-electron chi connectivity index (χ4n) is 12.9. The Kier molecular flexibility index (Phi) is 14.0. The Balaban J connectivity index is 0.790. The number of aromatic nitrogens is 4. The molecule has 1 saturated carbocycles. The number of nitrogen functional groups attached to an aromatic ring is 1. The third-order valence-electron chi connectivity index (χ3n) is 17.2. The van der Waals surface area contributed by atoms with Gasteiger partial charge in [0.15, 0.2) is 0 Å². The number of piperidine rings is 1. The van der Waals surface area contributed by atoms with Crippen molar-refractivity contribution in [3.05, 3.63) is 120 Å². The fourth-order valence-corrected chi connectivity index (χ4v) is 14.1. The van der Waals surface area contributed by atoms with Crippen LogP contribution >= 0.6 is 0 Å². The van der Waals surface area contributed by atoms with Crippen molar-refractivity contribution in [3.8, 4) is 11.6 Å². The Bertz CT molecular complexity index is 3380. The molecule has 5 aliphatic rings. The number of fused-ring (bicyclic) bond motifs is 3. The lowest BCUT2D eigenvalue weighted by Gasteiger charge is -2.58. The molecule has 77 heavy (non-hydrogen) atoms. The zero-order valence-corrected chi connectivity index (χ0v) is 45.2. The fraction of sp³-hybridized carbons (Fsp3) is 0.441. The van der Waals surface area contributed by atoms with Crippen LogP contribution in [0.3, 0.4) is 0 Å². The number of hydrogen-bond acceptors (Lipinski definition) is 14. The average molecular weight is 1060 g/mol. The van der Waals surface area contributed by atoms with Gasteiger partial charge in [0.05, 0.1) is 48.2 Å². The number of sulfonamides is 1. The Morgan fingerprint density at radius 1 is 0.922 bits per heavy atom. The van der Waals surface area contributed by atoms with E-state index < -0.39 is 15.9 Å². The molecule has 6 N–H and O–H groups in total. The molecule has 3 saturated heterocycles. The number of nitrogens with two attached hydrogens (primary N) is 1. The van der Waals surface area contributed by atoms with E-state index in [1.165, 1.54) is 41.9 Å². The molecule has 7 heterocycles.